The summed E-state index contributed by atoms with van der Waals surface area (Å²) < 4.78 is 5.99. The monoisotopic (exact) mass is 231 g/mol. The average molecular weight is 232 g/mol. The molecule has 0 radical (unpaired) electrons. The summed E-state index contributed by atoms with van der Waals surface area (Å²) in [5, 5.41) is 1.38. The minimum absolute atomic E-state index is 0.444. The van der Waals surface area contributed by atoms with Crippen LogP contribution in [0.3, 0.4) is 0 Å². The lowest BCUT2D eigenvalue weighted by Crippen LogP contribution is -1.72. The number of halogens is 2. The van der Waals surface area contributed by atoms with E-state index in [9.17, 15) is 0 Å². The fourth-order valence-electron chi connectivity index (χ4n) is 0.861. The summed E-state index contributed by atoms with van der Waals surface area (Å²) >= 11 is 8.96. The second-order valence-electron chi connectivity index (χ2n) is 2.07. The average Bonchev–Trinajstić information content (AvgIpc) is 2.32. The van der Waals surface area contributed by atoms with Crippen molar-refractivity contribution in [3.63, 3.8) is 0 Å². The van der Waals surface area contributed by atoms with Crippen molar-refractivity contribution in [1.29, 1.82) is 0 Å². The van der Waals surface area contributed by atoms with Gasteiger partial charge in [0, 0.05) is 0 Å². The smallest absolute Gasteiger partial charge is 0.228 e. The van der Waals surface area contributed by atoms with Crippen molar-refractivity contribution in [1.82, 2.24) is 4.98 Å². The third-order valence-corrected chi connectivity index (χ3v) is 2.18. The van der Waals surface area contributed by atoms with Gasteiger partial charge in [-0.05, 0) is 28.1 Å². The summed E-state index contributed by atoms with van der Waals surface area (Å²) in [7, 11) is 0. The molecule has 0 N–H and O–H groups in total. The highest BCUT2D eigenvalue weighted by Crippen LogP contribution is 2.25. The molecule has 2 aromatic rings. The van der Waals surface area contributed by atoms with Crippen molar-refractivity contribution < 1.29 is 4.42 Å². The van der Waals surface area contributed by atoms with Crippen LogP contribution >= 0.6 is 27.5 Å². The molecule has 0 spiro atoms. The van der Waals surface area contributed by atoms with Gasteiger partial charge in [0.05, 0.1) is 9.86 Å². The van der Waals surface area contributed by atoms with Gasteiger partial charge in [-0.15, -0.1) is 0 Å². The van der Waals surface area contributed by atoms with Crippen LogP contribution in [0.4, 0.5) is 0 Å². The van der Waals surface area contributed by atoms with Crippen LogP contribution in [0.5, 0.6) is 0 Å². The van der Waals surface area contributed by atoms with E-state index in [1.807, 2.05) is 6.07 Å². The maximum absolute atomic E-state index is 5.64. The second kappa shape index (κ2) is 2.50. The van der Waals surface area contributed by atoms with E-state index >= 15 is 0 Å². The van der Waals surface area contributed by atoms with Crippen molar-refractivity contribution in [2.24, 2.45) is 0 Å². The zero-order valence-electron chi connectivity index (χ0n) is 5.34. The van der Waals surface area contributed by atoms with Crippen molar-refractivity contribution in [2.75, 3.05) is 0 Å². The lowest BCUT2D eigenvalue weighted by Gasteiger charge is -1.87. The number of rotatable bonds is 0. The normalized spacial score (nSPS) is 10.7. The van der Waals surface area contributed by atoms with Gasteiger partial charge in [-0.2, -0.15) is 0 Å². The van der Waals surface area contributed by atoms with Crippen LogP contribution in [0.25, 0.3) is 11.1 Å². The zero-order chi connectivity index (χ0) is 7.84. The SMILES string of the molecule is Clc1ccc2c(Br)coc2n1. The molecule has 0 amide bonds. The molecule has 0 aliphatic rings. The molecule has 0 saturated heterocycles. The third-order valence-electron chi connectivity index (χ3n) is 1.36. The minimum atomic E-state index is 0.444. The number of hydrogen-bond acceptors (Lipinski definition) is 2. The minimum Gasteiger partial charge on any atom is -0.445 e. The van der Waals surface area contributed by atoms with Gasteiger partial charge in [-0.1, -0.05) is 11.6 Å². The molecule has 4 heteroatoms. The molecule has 2 aromatic heterocycles. The van der Waals surface area contributed by atoms with Crippen LogP contribution in [0, 0.1) is 0 Å². The second-order valence-corrected chi connectivity index (χ2v) is 3.31. The van der Waals surface area contributed by atoms with Gasteiger partial charge in [-0.3, -0.25) is 0 Å². The van der Waals surface area contributed by atoms with E-state index < -0.39 is 0 Å². The summed E-state index contributed by atoms with van der Waals surface area (Å²) in [6, 6.07) is 3.59. The number of furan rings is 1. The molecule has 0 aliphatic heterocycles. The first-order valence-corrected chi connectivity index (χ1v) is 4.14. The Morgan fingerprint density at radius 2 is 2.27 bits per heavy atom. The highest BCUT2D eigenvalue weighted by Gasteiger charge is 2.03. The molecule has 2 rings (SSSR count). The van der Waals surface area contributed by atoms with Crippen LogP contribution < -0.4 is 0 Å². The van der Waals surface area contributed by atoms with Gasteiger partial charge >= 0.3 is 0 Å². The van der Waals surface area contributed by atoms with E-state index in [0.29, 0.717) is 10.9 Å². The fraction of sp³-hybridized carbons (Fsp3) is 0. The van der Waals surface area contributed by atoms with Gasteiger partial charge < -0.3 is 4.42 Å². The predicted molar refractivity (Wildman–Crippen MR) is 46.7 cm³/mol. The quantitative estimate of drug-likeness (QED) is 0.652. The molecular weight excluding hydrogens is 229 g/mol. The Morgan fingerprint density at radius 3 is 3.09 bits per heavy atom. The maximum atomic E-state index is 5.64. The van der Waals surface area contributed by atoms with Crippen LogP contribution in [-0.4, -0.2) is 4.98 Å². The molecule has 11 heavy (non-hydrogen) atoms. The summed E-state index contributed by atoms with van der Waals surface area (Å²) in [5.41, 5.74) is 0.560. The summed E-state index contributed by atoms with van der Waals surface area (Å²) in [4.78, 5) is 3.97. The van der Waals surface area contributed by atoms with E-state index in [1.165, 1.54) is 0 Å². The van der Waals surface area contributed by atoms with Gasteiger partial charge in [-0.25, -0.2) is 4.98 Å². The Hall–Kier alpha value is -0.540. The molecule has 2 nitrogen and oxygen atoms in total. The number of pyridine rings is 1. The molecular formula is C7H3BrClNO. The maximum Gasteiger partial charge on any atom is 0.228 e. The summed E-state index contributed by atoms with van der Waals surface area (Å²) in [6.45, 7) is 0. The molecule has 0 atom stereocenters. The van der Waals surface area contributed by atoms with Crippen molar-refractivity contribution in [3.8, 4) is 0 Å². The summed E-state index contributed by atoms with van der Waals surface area (Å²) in [5.74, 6) is 0. The number of fused-ring (bicyclic) bond motifs is 1. The first-order valence-electron chi connectivity index (χ1n) is 2.96. The Bertz CT molecular complexity index is 398. The lowest BCUT2D eigenvalue weighted by atomic mass is 10.3. The largest absolute Gasteiger partial charge is 0.445 e. The van der Waals surface area contributed by atoms with E-state index in [1.54, 1.807) is 12.3 Å². The van der Waals surface area contributed by atoms with Crippen LogP contribution in [0.15, 0.2) is 27.3 Å². The Balaban J connectivity index is 2.86. The number of hydrogen-bond donors (Lipinski definition) is 0. The molecule has 0 aromatic carbocycles. The Kier molecular flexibility index (Phi) is 1.62. The molecule has 0 aliphatic carbocycles. The van der Waals surface area contributed by atoms with Crippen molar-refractivity contribution in [3.05, 3.63) is 28.0 Å². The van der Waals surface area contributed by atoms with E-state index in [-0.39, 0.29) is 0 Å². The van der Waals surface area contributed by atoms with E-state index in [2.05, 4.69) is 20.9 Å². The third kappa shape index (κ3) is 1.14. The number of nitrogens with zero attached hydrogens (tertiary/aromatic N) is 1. The highest BCUT2D eigenvalue weighted by molar-refractivity contribution is 9.10. The van der Waals surface area contributed by atoms with Crippen LogP contribution in [-0.2, 0) is 0 Å². The molecule has 0 fully saturated rings. The first kappa shape index (κ1) is 7.13. The first-order chi connectivity index (χ1) is 5.27. The predicted octanol–water partition coefficient (Wildman–Crippen LogP) is 3.24. The molecule has 0 unspecified atom stereocenters. The molecule has 56 valence electrons. The summed E-state index contributed by atoms with van der Waals surface area (Å²) in [6.07, 6.45) is 1.59. The molecule has 0 saturated carbocycles. The van der Waals surface area contributed by atoms with E-state index in [0.717, 1.165) is 9.86 Å². The Labute approximate surface area is 76.3 Å². The number of aromatic nitrogens is 1. The van der Waals surface area contributed by atoms with Crippen molar-refractivity contribution in [2.45, 2.75) is 0 Å². The van der Waals surface area contributed by atoms with Crippen LogP contribution in [0.2, 0.25) is 5.15 Å². The van der Waals surface area contributed by atoms with Gasteiger partial charge in [0.2, 0.25) is 5.71 Å². The van der Waals surface area contributed by atoms with E-state index in [4.69, 9.17) is 16.0 Å². The standard InChI is InChI=1S/C7H3BrClNO/c8-5-3-11-7-4(5)1-2-6(9)10-7/h1-3H. The topological polar surface area (TPSA) is 26.0 Å². The molecule has 2 heterocycles. The van der Waals surface area contributed by atoms with Crippen molar-refractivity contribution >= 4 is 38.6 Å². The van der Waals surface area contributed by atoms with Crippen LogP contribution in [0.1, 0.15) is 0 Å². The fourth-order valence-corrected chi connectivity index (χ4v) is 1.40. The zero-order valence-corrected chi connectivity index (χ0v) is 7.69. The highest BCUT2D eigenvalue weighted by atomic mass is 79.9. The lowest BCUT2D eigenvalue weighted by molar-refractivity contribution is 0.601. The molecule has 0 bridgehead atoms. The Morgan fingerprint density at radius 1 is 1.45 bits per heavy atom. The van der Waals surface area contributed by atoms with Gasteiger partial charge in [0.15, 0.2) is 0 Å². The van der Waals surface area contributed by atoms with Gasteiger partial charge in [0.1, 0.15) is 11.4 Å². The van der Waals surface area contributed by atoms with Gasteiger partial charge in [0.25, 0.3) is 0 Å².